The lowest BCUT2D eigenvalue weighted by Gasteiger charge is -2.18. The Labute approximate surface area is 146 Å². The zero-order valence-corrected chi connectivity index (χ0v) is 14.1. The first-order valence-corrected chi connectivity index (χ1v) is 8.41. The van der Waals surface area contributed by atoms with Crippen molar-refractivity contribution in [3.63, 3.8) is 0 Å². The predicted octanol–water partition coefficient (Wildman–Crippen LogP) is 2.60. The Morgan fingerprint density at radius 3 is 2.84 bits per heavy atom. The lowest BCUT2D eigenvalue weighted by molar-refractivity contribution is 0.0957. The van der Waals surface area contributed by atoms with Gasteiger partial charge in [-0.1, -0.05) is 11.3 Å². The van der Waals surface area contributed by atoms with Gasteiger partial charge in [-0.25, -0.2) is 15.8 Å². The van der Waals surface area contributed by atoms with Gasteiger partial charge in [-0.15, -0.1) is 0 Å². The van der Waals surface area contributed by atoms with Crippen LogP contribution in [0.15, 0.2) is 50.7 Å². The standard InChI is InChI=1S/C16H15N5O3S/c1-9-14(15(22)19-17)25-16(18-9)21-11(13-5-3-7-24-13)8-10(20-21)12-4-2-6-23-12/h2-7,11H,8,17H2,1H3,(H,19,22). The summed E-state index contributed by atoms with van der Waals surface area (Å²) in [4.78, 5) is 16.8. The maximum absolute atomic E-state index is 11.9. The van der Waals surface area contributed by atoms with Gasteiger partial charge in [0.05, 0.1) is 18.2 Å². The molecule has 1 aliphatic rings. The van der Waals surface area contributed by atoms with E-state index in [0.717, 1.165) is 11.5 Å². The lowest BCUT2D eigenvalue weighted by Crippen LogP contribution is -2.29. The molecule has 3 aromatic heterocycles. The molecule has 1 unspecified atom stereocenters. The molecule has 0 aliphatic carbocycles. The Balaban J connectivity index is 1.74. The first-order chi connectivity index (χ1) is 12.2. The second-order valence-electron chi connectivity index (χ2n) is 5.49. The topological polar surface area (TPSA) is 110 Å². The van der Waals surface area contributed by atoms with E-state index in [9.17, 15) is 4.79 Å². The van der Waals surface area contributed by atoms with Crippen LogP contribution in [0.1, 0.15) is 39.3 Å². The molecule has 4 heterocycles. The molecule has 0 saturated heterocycles. The maximum atomic E-state index is 11.9. The van der Waals surface area contributed by atoms with Crippen LogP contribution in [-0.4, -0.2) is 16.6 Å². The summed E-state index contributed by atoms with van der Waals surface area (Å²) in [5, 5.41) is 7.02. The molecule has 3 N–H and O–H groups in total. The number of hydrogen-bond acceptors (Lipinski definition) is 8. The molecular formula is C16H15N5O3S. The Morgan fingerprint density at radius 1 is 1.36 bits per heavy atom. The molecule has 0 aromatic carbocycles. The summed E-state index contributed by atoms with van der Waals surface area (Å²) in [6.07, 6.45) is 3.84. The van der Waals surface area contributed by atoms with Crippen LogP contribution in [0.5, 0.6) is 0 Å². The van der Waals surface area contributed by atoms with Crippen molar-refractivity contribution in [3.05, 3.63) is 58.9 Å². The third-order valence-electron chi connectivity index (χ3n) is 3.91. The van der Waals surface area contributed by atoms with Crippen LogP contribution in [0.4, 0.5) is 5.13 Å². The minimum atomic E-state index is -0.370. The quantitative estimate of drug-likeness (QED) is 0.422. The maximum Gasteiger partial charge on any atom is 0.277 e. The molecule has 25 heavy (non-hydrogen) atoms. The highest BCUT2D eigenvalue weighted by molar-refractivity contribution is 7.17. The SMILES string of the molecule is Cc1nc(N2N=C(c3ccco3)CC2c2ccco2)sc1C(=O)NN. The van der Waals surface area contributed by atoms with Crippen molar-refractivity contribution in [1.29, 1.82) is 0 Å². The van der Waals surface area contributed by atoms with Crippen molar-refractivity contribution in [2.75, 3.05) is 5.01 Å². The van der Waals surface area contributed by atoms with Gasteiger partial charge in [-0.2, -0.15) is 5.10 Å². The molecule has 0 bridgehead atoms. The molecule has 0 spiro atoms. The fourth-order valence-corrected chi connectivity index (χ4v) is 3.71. The van der Waals surface area contributed by atoms with Crippen molar-refractivity contribution in [2.45, 2.75) is 19.4 Å². The number of rotatable bonds is 4. The number of nitrogens with zero attached hydrogens (tertiary/aromatic N) is 3. The first-order valence-electron chi connectivity index (χ1n) is 7.59. The number of anilines is 1. The van der Waals surface area contributed by atoms with Crippen molar-refractivity contribution in [3.8, 4) is 0 Å². The van der Waals surface area contributed by atoms with E-state index < -0.39 is 0 Å². The zero-order chi connectivity index (χ0) is 17.4. The number of nitrogens with one attached hydrogen (secondary N) is 1. The molecular weight excluding hydrogens is 342 g/mol. The van der Waals surface area contributed by atoms with Crippen LogP contribution in [0, 0.1) is 6.92 Å². The lowest BCUT2D eigenvalue weighted by atomic mass is 10.1. The summed E-state index contributed by atoms with van der Waals surface area (Å²) < 4.78 is 11.0. The highest BCUT2D eigenvalue weighted by atomic mass is 32.1. The van der Waals surface area contributed by atoms with E-state index in [1.807, 2.05) is 24.3 Å². The number of carbonyl (C=O) groups is 1. The number of hydrazine groups is 1. The van der Waals surface area contributed by atoms with Crippen molar-refractivity contribution >= 4 is 28.1 Å². The van der Waals surface area contributed by atoms with Gasteiger partial charge in [0.1, 0.15) is 28.2 Å². The second kappa shape index (κ2) is 6.19. The van der Waals surface area contributed by atoms with Crippen molar-refractivity contribution in [2.24, 2.45) is 10.9 Å². The predicted molar refractivity (Wildman–Crippen MR) is 92.3 cm³/mol. The van der Waals surface area contributed by atoms with Crippen molar-refractivity contribution in [1.82, 2.24) is 10.4 Å². The van der Waals surface area contributed by atoms with E-state index >= 15 is 0 Å². The van der Waals surface area contributed by atoms with Gasteiger partial charge in [0.15, 0.2) is 0 Å². The third-order valence-corrected chi connectivity index (χ3v) is 5.05. The largest absolute Gasteiger partial charge is 0.467 e. The van der Waals surface area contributed by atoms with Crippen LogP contribution in [0.3, 0.4) is 0 Å². The number of aromatic nitrogens is 1. The number of carbonyl (C=O) groups excluding carboxylic acids is 1. The van der Waals surface area contributed by atoms with E-state index in [0.29, 0.717) is 27.9 Å². The first kappa shape index (κ1) is 15.6. The summed E-state index contributed by atoms with van der Waals surface area (Å²) in [7, 11) is 0. The van der Waals surface area contributed by atoms with Gasteiger partial charge >= 0.3 is 0 Å². The monoisotopic (exact) mass is 357 g/mol. The minimum Gasteiger partial charge on any atom is -0.467 e. The molecule has 3 aromatic rings. The Kier molecular flexibility index (Phi) is 3.86. The van der Waals surface area contributed by atoms with Gasteiger partial charge in [0.25, 0.3) is 5.91 Å². The number of furan rings is 2. The van der Waals surface area contributed by atoms with E-state index in [2.05, 4.69) is 15.5 Å². The van der Waals surface area contributed by atoms with E-state index in [1.165, 1.54) is 11.3 Å². The molecule has 8 nitrogen and oxygen atoms in total. The molecule has 0 radical (unpaired) electrons. The fourth-order valence-electron chi connectivity index (χ4n) is 2.74. The zero-order valence-electron chi connectivity index (χ0n) is 13.3. The average Bonchev–Trinajstić information content (AvgIpc) is 3.37. The summed E-state index contributed by atoms with van der Waals surface area (Å²) >= 11 is 1.23. The molecule has 9 heteroatoms. The van der Waals surface area contributed by atoms with Crippen molar-refractivity contribution < 1.29 is 13.6 Å². The summed E-state index contributed by atoms with van der Waals surface area (Å²) in [6, 6.07) is 7.25. The number of hydrazone groups is 1. The van der Waals surface area contributed by atoms with Gasteiger partial charge in [-0.05, 0) is 31.2 Å². The van der Waals surface area contributed by atoms with Crippen LogP contribution in [0.25, 0.3) is 0 Å². The number of nitrogens with two attached hydrogens (primary N) is 1. The Bertz CT molecular complexity index is 914. The van der Waals surface area contributed by atoms with E-state index in [1.54, 1.807) is 24.5 Å². The molecule has 0 fully saturated rings. The fraction of sp³-hybridized carbons (Fsp3) is 0.188. The summed E-state index contributed by atoms with van der Waals surface area (Å²) in [6.45, 7) is 1.76. The van der Waals surface area contributed by atoms with E-state index in [4.69, 9.17) is 14.7 Å². The summed E-state index contributed by atoms with van der Waals surface area (Å²) in [5.74, 6) is 6.33. The third kappa shape index (κ3) is 2.73. The number of hydrogen-bond donors (Lipinski definition) is 2. The van der Waals surface area contributed by atoms with E-state index in [-0.39, 0.29) is 11.9 Å². The highest BCUT2D eigenvalue weighted by Crippen LogP contribution is 2.39. The number of amides is 1. The molecule has 4 rings (SSSR count). The number of nitrogen functional groups attached to an aromatic ring is 1. The minimum absolute atomic E-state index is 0.158. The normalized spacial score (nSPS) is 17.0. The molecule has 1 aliphatic heterocycles. The molecule has 1 amide bonds. The van der Waals surface area contributed by atoms with Gasteiger partial charge in [0.2, 0.25) is 5.13 Å². The molecule has 1 atom stereocenters. The second-order valence-corrected chi connectivity index (χ2v) is 6.47. The Hall–Kier alpha value is -2.91. The van der Waals surface area contributed by atoms with Gasteiger partial charge < -0.3 is 8.83 Å². The molecule has 0 saturated carbocycles. The average molecular weight is 357 g/mol. The number of aryl methyl sites for hydroxylation is 1. The van der Waals surface area contributed by atoms with Gasteiger partial charge in [0, 0.05) is 6.42 Å². The van der Waals surface area contributed by atoms with Crippen LogP contribution < -0.4 is 16.3 Å². The smallest absolute Gasteiger partial charge is 0.277 e. The van der Waals surface area contributed by atoms with Crippen LogP contribution in [-0.2, 0) is 0 Å². The Morgan fingerprint density at radius 2 is 2.16 bits per heavy atom. The van der Waals surface area contributed by atoms with Crippen LogP contribution in [0.2, 0.25) is 0 Å². The summed E-state index contributed by atoms with van der Waals surface area (Å²) in [5.41, 5.74) is 3.53. The molecule has 128 valence electrons. The highest BCUT2D eigenvalue weighted by Gasteiger charge is 2.35. The van der Waals surface area contributed by atoms with Gasteiger partial charge in [-0.3, -0.25) is 10.2 Å². The number of thiazole rings is 1. The van der Waals surface area contributed by atoms with Crippen LogP contribution >= 0.6 is 11.3 Å².